The van der Waals surface area contributed by atoms with Crippen LogP contribution in [0.2, 0.25) is 0 Å². The van der Waals surface area contributed by atoms with Crippen molar-refractivity contribution in [3.63, 3.8) is 0 Å². The lowest BCUT2D eigenvalue weighted by atomic mass is 9.86. The van der Waals surface area contributed by atoms with Crippen molar-refractivity contribution in [3.05, 3.63) is 76.7 Å². The number of rotatable bonds is 2. The highest BCUT2D eigenvalue weighted by Gasteiger charge is 2.21. The minimum absolute atomic E-state index is 0. The van der Waals surface area contributed by atoms with Gasteiger partial charge in [-0.25, -0.2) is 4.98 Å². The van der Waals surface area contributed by atoms with Crippen LogP contribution in [-0.4, -0.2) is 4.98 Å². The van der Waals surface area contributed by atoms with E-state index in [2.05, 4.69) is 81.4 Å². The summed E-state index contributed by atoms with van der Waals surface area (Å²) >= 11 is 1.91. The number of thiophene rings is 1. The van der Waals surface area contributed by atoms with Gasteiger partial charge in [-0.15, -0.1) is 23.7 Å². The third-order valence-corrected chi connectivity index (χ3v) is 7.24. The Hall–Kier alpha value is -2.16. The van der Waals surface area contributed by atoms with E-state index in [1.165, 1.54) is 58.2 Å². The summed E-state index contributed by atoms with van der Waals surface area (Å²) in [5.74, 6) is 0. The first-order valence-electron chi connectivity index (χ1n) is 10.6. The molecule has 0 atom stereocenters. The lowest BCUT2D eigenvalue weighted by Crippen LogP contribution is -2.10. The Balaban J connectivity index is 0.00000218. The van der Waals surface area contributed by atoms with Crippen molar-refractivity contribution in [2.45, 2.75) is 51.9 Å². The fraction of sp³-hybridized carbons (Fsp3) is 0.296. The van der Waals surface area contributed by atoms with E-state index in [1.54, 1.807) is 10.4 Å². The van der Waals surface area contributed by atoms with E-state index in [-0.39, 0.29) is 17.8 Å². The summed E-state index contributed by atoms with van der Waals surface area (Å²) in [5, 5.41) is 1.39. The normalized spacial score (nSPS) is 13.7. The Morgan fingerprint density at radius 3 is 2.23 bits per heavy atom. The summed E-state index contributed by atoms with van der Waals surface area (Å²) in [6, 6.07) is 22.1. The number of hydrogen-bond acceptors (Lipinski definition) is 2. The second-order valence-electron chi connectivity index (χ2n) is 9.14. The van der Waals surface area contributed by atoms with Crippen LogP contribution in [0.5, 0.6) is 0 Å². The van der Waals surface area contributed by atoms with Crippen molar-refractivity contribution >= 4 is 34.0 Å². The molecule has 1 nitrogen and oxygen atoms in total. The van der Waals surface area contributed by atoms with E-state index in [1.807, 2.05) is 11.3 Å². The molecule has 0 amide bonds. The number of aryl methyl sites for hydroxylation is 2. The van der Waals surface area contributed by atoms with Gasteiger partial charge < -0.3 is 0 Å². The highest BCUT2D eigenvalue weighted by molar-refractivity contribution is 7.19. The second kappa shape index (κ2) is 8.17. The highest BCUT2D eigenvalue weighted by atomic mass is 35.5. The van der Waals surface area contributed by atoms with Crippen LogP contribution in [-0.2, 0) is 18.3 Å². The quantitative estimate of drug-likeness (QED) is 0.310. The molecule has 0 N–H and O–H groups in total. The average molecular weight is 434 g/mol. The Labute approximate surface area is 189 Å². The SMILES string of the molecule is CC(C)(C)c1ccc(-c2cc(-c3ccccc3)c3c4c(sc3n2)CCCC4)cc1.Cl. The summed E-state index contributed by atoms with van der Waals surface area (Å²) in [6.45, 7) is 6.78. The molecule has 2 aromatic heterocycles. The van der Waals surface area contributed by atoms with Crippen molar-refractivity contribution < 1.29 is 0 Å². The number of halogens is 1. The minimum Gasteiger partial charge on any atom is -0.237 e. The largest absolute Gasteiger partial charge is 0.237 e. The number of fused-ring (bicyclic) bond motifs is 3. The van der Waals surface area contributed by atoms with Gasteiger partial charge in [0, 0.05) is 15.8 Å². The first-order valence-corrected chi connectivity index (χ1v) is 11.4. The molecule has 0 saturated carbocycles. The smallest absolute Gasteiger partial charge is 0.125 e. The predicted molar refractivity (Wildman–Crippen MR) is 133 cm³/mol. The molecule has 2 heterocycles. The van der Waals surface area contributed by atoms with Crippen molar-refractivity contribution in [1.82, 2.24) is 4.98 Å². The molecule has 0 radical (unpaired) electrons. The van der Waals surface area contributed by atoms with Gasteiger partial charge in [0.15, 0.2) is 0 Å². The van der Waals surface area contributed by atoms with Gasteiger partial charge in [-0.1, -0.05) is 75.4 Å². The number of benzene rings is 2. The molecular weight excluding hydrogens is 406 g/mol. The lowest BCUT2D eigenvalue weighted by Gasteiger charge is -2.19. The van der Waals surface area contributed by atoms with E-state index < -0.39 is 0 Å². The molecule has 30 heavy (non-hydrogen) atoms. The van der Waals surface area contributed by atoms with Crippen molar-refractivity contribution in [1.29, 1.82) is 0 Å². The molecule has 3 heteroatoms. The van der Waals surface area contributed by atoms with Crippen LogP contribution in [0.1, 0.15) is 49.6 Å². The summed E-state index contributed by atoms with van der Waals surface area (Å²) in [6.07, 6.45) is 5.00. The van der Waals surface area contributed by atoms with Gasteiger partial charge >= 0.3 is 0 Å². The zero-order chi connectivity index (χ0) is 20.0. The maximum Gasteiger partial charge on any atom is 0.125 e. The van der Waals surface area contributed by atoms with E-state index in [9.17, 15) is 0 Å². The van der Waals surface area contributed by atoms with Crippen LogP contribution in [0.25, 0.3) is 32.6 Å². The molecule has 0 fully saturated rings. The van der Waals surface area contributed by atoms with Gasteiger partial charge in [-0.2, -0.15) is 0 Å². The second-order valence-corrected chi connectivity index (χ2v) is 10.2. The summed E-state index contributed by atoms with van der Waals surface area (Å²) in [5.41, 5.74) is 7.98. The zero-order valence-electron chi connectivity index (χ0n) is 17.9. The molecule has 0 spiro atoms. The fourth-order valence-electron chi connectivity index (χ4n) is 4.39. The zero-order valence-corrected chi connectivity index (χ0v) is 19.5. The van der Waals surface area contributed by atoms with E-state index in [4.69, 9.17) is 4.98 Å². The minimum atomic E-state index is 0. The predicted octanol–water partition coefficient (Wildman–Crippen LogP) is 8.23. The first kappa shape index (κ1) is 21.1. The number of aromatic nitrogens is 1. The highest BCUT2D eigenvalue weighted by Crippen LogP contribution is 2.42. The molecule has 1 aliphatic carbocycles. The van der Waals surface area contributed by atoms with Gasteiger partial charge in [0.1, 0.15) is 4.83 Å². The lowest BCUT2D eigenvalue weighted by molar-refractivity contribution is 0.590. The van der Waals surface area contributed by atoms with Gasteiger partial charge in [0.25, 0.3) is 0 Å². The monoisotopic (exact) mass is 433 g/mol. The number of pyridine rings is 1. The Morgan fingerprint density at radius 1 is 0.833 bits per heavy atom. The van der Waals surface area contributed by atoms with Crippen LogP contribution < -0.4 is 0 Å². The van der Waals surface area contributed by atoms with E-state index in [0.29, 0.717) is 0 Å². The average Bonchev–Trinajstić information content (AvgIpc) is 3.12. The van der Waals surface area contributed by atoms with Crippen LogP contribution in [0.4, 0.5) is 0 Å². The van der Waals surface area contributed by atoms with Crippen LogP contribution in [0.3, 0.4) is 0 Å². The summed E-state index contributed by atoms with van der Waals surface area (Å²) in [7, 11) is 0. The van der Waals surface area contributed by atoms with Crippen molar-refractivity contribution in [2.24, 2.45) is 0 Å². The van der Waals surface area contributed by atoms with Gasteiger partial charge in [-0.05, 0) is 59.4 Å². The van der Waals surface area contributed by atoms with Crippen molar-refractivity contribution in [3.8, 4) is 22.4 Å². The molecule has 154 valence electrons. The first-order chi connectivity index (χ1) is 14.0. The Kier molecular flexibility index (Phi) is 5.74. The van der Waals surface area contributed by atoms with E-state index >= 15 is 0 Å². The molecule has 2 aromatic carbocycles. The van der Waals surface area contributed by atoms with Crippen LogP contribution >= 0.6 is 23.7 Å². The third-order valence-electron chi connectivity index (χ3n) is 6.06. The van der Waals surface area contributed by atoms with Gasteiger partial charge in [-0.3, -0.25) is 0 Å². The third kappa shape index (κ3) is 3.79. The molecule has 5 rings (SSSR count). The van der Waals surface area contributed by atoms with E-state index in [0.717, 1.165) is 5.69 Å². The summed E-state index contributed by atoms with van der Waals surface area (Å²) < 4.78 is 0. The standard InChI is InChI=1S/C27H27NS.ClH/c1-27(2,3)20-15-13-19(14-16-20)23-17-22(18-9-5-4-6-10-18)25-21-11-7-8-12-24(21)29-26(25)28-23;/h4-6,9-10,13-17H,7-8,11-12H2,1-3H3;1H. The maximum atomic E-state index is 5.15. The molecule has 0 saturated heterocycles. The van der Waals surface area contributed by atoms with Crippen LogP contribution in [0.15, 0.2) is 60.7 Å². The molecule has 0 unspecified atom stereocenters. The Morgan fingerprint density at radius 2 is 1.53 bits per heavy atom. The van der Waals surface area contributed by atoms with Gasteiger partial charge in [0.2, 0.25) is 0 Å². The summed E-state index contributed by atoms with van der Waals surface area (Å²) in [4.78, 5) is 7.90. The number of hydrogen-bond donors (Lipinski definition) is 0. The topological polar surface area (TPSA) is 12.9 Å². The Bertz CT molecular complexity index is 1170. The molecule has 1 aliphatic rings. The molecule has 0 aliphatic heterocycles. The maximum absolute atomic E-state index is 5.15. The molecule has 0 bridgehead atoms. The van der Waals surface area contributed by atoms with Crippen molar-refractivity contribution in [2.75, 3.05) is 0 Å². The van der Waals surface area contributed by atoms with Crippen LogP contribution in [0, 0.1) is 0 Å². The fourth-order valence-corrected chi connectivity index (χ4v) is 5.68. The molecule has 4 aromatic rings. The number of nitrogens with zero attached hydrogens (tertiary/aromatic N) is 1. The molecular formula is C27H28ClNS. The van der Waals surface area contributed by atoms with Gasteiger partial charge in [0.05, 0.1) is 5.69 Å².